The van der Waals surface area contributed by atoms with Gasteiger partial charge >= 0.3 is 0 Å². The third-order valence-corrected chi connectivity index (χ3v) is 8.72. The third-order valence-electron chi connectivity index (χ3n) is 8.72. The van der Waals surface area contributed by atoms with Crippen LogP contribution in [0.3, 0.4) is 0 Å². The molecule has 0 saturated carbocycles. The number of unbranched alkanes of at least 4 members (excludes halogenated alkanes) is 27. The summed E-state index contributed by atoms with van der Waals surface area (Å²) in [6, 6.07) is -0.636. The molecule has 0 radical (unpaired) electrons. The van der Waals surface area contributed by atoms with Crippen LogP contribution >= 0.6 is 0 Å². The number of aliphatic hydroxyl groups excluding tert-OH is 2. The molecule has 0 aromatic carbocycles. The normalized spacial score (nSPS) is 13.3. The summed E-state index contributed by atoms with van der Waals surface area (Å²) in [5.74, 6) is -0.250. The van der Waals surface area contributed by atoms with Gasteiger partial charge in [-0.1, -0.05) is 192 Å². The second kappa shape index (κ2) is 35.4. The van der Waals surface area contributed by atoms with Crippen molar-refractivity contribution in [1.29, 1.82) is 0 Å². The standard InChI is InChI=1S/C39H75NO3/c1-3-4-5-6-7-8-9-10-11-12-13-14-15-16-17-18-19-20-21-22-23-24-25-26-27-28-29-30-31-32-33-34-35-39(43)38(36-41)40-37(2)42/h30-31,34-35,38-39,41,43H,3-29,32-33,36H2,1-2H3,(H,40,42)/b31-30+,35-34+. The molecular weight excluding hydrogens is 530 g/mol. The molecule has 4 nitrogen and oxygen atoms in total. The molecule has 0 aliphatic carbocycles. The van der Waals surface area contributed by atoms with Crippen molar-refractivity contribution in [3.05, 3.63) is 24.3 Å². The Labute approximate surface area is 269 Å². The van der Waals surface area contributed by atoms with Gasteiger partial charge in [0.15, 0.2) is 0 Å². The SMILES string of the molecule is CCCCCCCCCCCCCCCCCCCCCCCCCCCC/C=C/CC/C=C/C(O)C(CO)NC(C)=O. The fraction of sp³-hybridized carbons (Fsp3) is 0.872. The predicted molar refractivity (Wildman–Crippen MR) is 189 cm³/mol. The number of aliphatic hydroxyl groups is 2. The van der Waals surface area contributed by atoms with E-state index in [-0.39, 0.29) is 12.5 Å². The van der Waals surface area contributed by atoms with Crippen LogP contribution in [-0.2, 0) is 4.79 Å². The maximum atomic E-state index is 11.1. The summed E-state index contributed by atoms with van der Waals surface area (Å²) in [6.45, 7) is 3.41. The van der Waals surface area contributed by atoms with Crippen LogP contribution in [0.15, 0.2) is 24.3 Å². The zero-order chi connectivity index (χ0) is 31.5. The van der Waals surface area contributed by atoms with Crippen LogP contribution in [0.25, 0.3) is 0 Å². The molecule has 2 atom stereocenters. The summed E-state index contributed by atoms with van der Waals surface area (Å²) in [5.41, 5.74) is 0. The van der Waals surface area contributed by atoms with Crippen LogP contribution in [0.1, 0.15) is 200 Å². The van der Waals surface area contributed by atoms with Crippen molar-refractivity contribution in [3.8, 4) is 0 Å². The lowest BCUT2D eigenvalue weighted by molar-refractivity contribution is -0.120. The molecule has 1 amide bonds. The van der Waals surface area contributed by atoms with E-state index in [1.165, 1.54) is 174 Å². The topological polar surface area (TPSA) is 69.6 Å². The smallest absolute Gasteiger partial charge is 0.217 e. The van der Waals surface area contributed by atoms with Crippen LogP contribution in [0.2, 0.25) is 0 Å². The van der Waals surface area contributed by atoms with Gasteiger partial charge in [-0.15, -0.1) is 0 Å². The first-order chi connectivity index (χ1) is 21.1. The largest absolute Gasteiger partial charge is 0.394 e. The Hall–Kier alpha value is -1.13. The molecule has 2 unspecified atom stereocenters. The number of amides is 1. The molecule has 4 heteroatoms. The van der Waals surface area contributed by atoms with Crippen molar-refractivity contribution in [1.82, 2.24) is 5.32 Å². The van der Waals surface area contributed by atoms with E-state index in [9.17, 15) is 15.0 Å². The average molecular weight is 606 g/mol. The molecule has 0 rings (SSSR count). The molecule has 43 heavy (non-hydrogen) atoms. The molecule has 0 spiro atoms. The fourth-order valence-electron chi connectivity index (χ4n) is 5.88. The summed E-state index contributed by atoms with van der Waals surface area (Å²) >= 11 is 0. The van der Waals surface area contributed by atoms with E-state index in [0.717, 1.165) is 19.3 Å². The summed E-state index contributed by atoms with van der Waals surface area (Å²) in [7, 11) is 0. The van der Waals surface area contributed by atoms with Gasteiger partial charge in [-0.3, -0.25) is 4.79 Å². The number of hydrogen-bond donors (Lipinski definition) is 3. The zero-order valence-corrected chi connectivity index (χ0v) is 29.0. The van der Waals surface area contributed by atoms with Crippen molar-refractivity contribution in [2.24, 2.45) is 0 Å². The fourth-order valence-corrected chi connectivity index (χ4v) is 5.88. The van der Waals surface area contributed by atoms with E-state index in [4.69, 9.17) is 0 Å². The minimum absolute atomic E-state index is 0.250. The Morgan fingerprint density at radius 2 is 0.860 bits per heavy atom. The first kappa shape index (κ1) is 41.9. The van der Waals surface area contributed by atoms with Gasteiger partial charge in [0.25, 0.3) is 0 Å². The molecule has 0 saturated heterocycles. The zero-order valence-electron chi connectivity index (χ0n) is 29.0. The second-order valence-corrected chi connectivity index (χ2v) is 13.1. The van der Waals surface area contributed by atoms with Gasteiger partial charge in [0.1, 0.15) is 0 Å². The summed E-state index contributed by atoms with van der Waals surface area (Å²) in [6.07, 6.45) is 47.5. The van der Waals surface area contributed by atoms with Crippen LogP contribution in [0, 0.1) is 0 Å². The van der Waals surface area contributed by atoms with Crippen LogP contribution in [-0.4, -0.2) is 34.9 Å². The second-order valence-electron chi connectivity index (χ2n) is 13.1. The van der Waals surface area contributed by atoms with Crippen molar-refractivity contribution in [3.63, 3.8) is 0 Å². The number of allylic oxidation sites excluding steroid dienone is 3. The van der Waals surface area contributed by atoms with Gasteiger partial charge < -0.3 is 15.5 Å². The molecule has 0 bridgehead atoms. The van der Waals surface area contributed by atoms with E-state index >= 15 is 0 Å². The molecular formula is C39H75NO3. The van der Waals surface area contributed by atoms with E-state index < -0.39 is 12.1 Å². The molecule has 0 aromatic rings. The average Bonchev–Trinajstić information content (AvgIpc) is 3.00. The Kier molecular flexibility index (Phi) is 34.4. The molecule has 3 N–H and O–H groups in total. The molecule has 0 fully saturated rings. The van der Waals surface area contributed by atoms with Gasteiger partial charge in [-0.2, -0.15) is 0 Å². The molecule has 0 aliphatic heterocycles. The first-order valence-electron chi connectivity index (χ1n) is 19.0. The van der Waals surface area contributed by atoms with Crippen LogP contribution in [0.5, 0.6) is 0 Å². The van der Waals surface area contributed by atoms with Crippen LogP contribution < -0.4 is 5.32 Å². The van der Waals surface area contributed by atoms with Crippen molar-refractivity contribution in [2.45, 2.75) is 212 Å². The van der Waals surface area contributed by atoms with E-state index in [1.54, 1.807) is 6.08 Å². The Morgan fingerprint density at radius 3 is 1.21 bits per heavy atom. The van der Waals surface area contributed by atoms with E-state index in [0.29, 0.717) is 0 Å². The van der Waals surface area contributed by atoms with Crippen molar-refractivity contribution < 1.29 is 15.0 Å². The number of rotatable bonds is 34. The minimum atomic E-state index is -0.855. The van der Waals surface area contributed by atoms with Crippen LogP contribution in [0.4, 0.5) is 0 Å². The predicted octanol–water partition coefficient (Wildman–Crippen LogP) is 11.3. The van der Waals surface area contributed by atoms with Crippen molar-refractivity contribution >= 4 is 5.91 Å². The summed E-state index contributed by atoms with van der Waals surface area (Å²) in [5, 5.41) is 21.8. The van der Waals surface area contributed by atoms with E-state index in [1.807, 2.05) is 6.08 Å². The Bertz CT molecular complexity index is 618. The van der Waals surface area contributed by atoms with Gasteiger partial charge in [0.05, 0.1) is 18.8 Å². The monoisotopic (exact) mass is 606 g/mol. The lowest BCUT2D eigenvalue weighted by Gasteiger charge is -2.18. The van der Waals surface area contributed by atoms with Crippen molar-refractivity contribution in [2.75, 3.05) is 6.61 Å². The molecule has 0 aromatic heterocycles. The van der Waals surface area contributed by atoms with Gasteiger partial charge in [0, 0.05) is 6.92 Å². The number of hydrogen-bond acceptors (Lipinski definition) is 3. The highest BCUT2D eigenvalue weighted by Crippen LogP contribution is 2.16. The highest BCUT2D eigenvalue weighted by Gasteiger charge is 2.15. The van der Waals surface area contributed by atoms with Gasteiger partial charge in [0.2, 0.25) is 5.91 Å². The summed E-state index contributed by atoms with van der Waals surface area (Å²) < 4.78 is 0. The van der Waals surface area contributed by atoms with E-state index in [2.05, 4.69) is 24.4 Å². The molecule has 0 aliphatic rings. The Morgan fingerprint density at radius 1 is 0.535 bits per heavy atom. The van der Waals surface area contributed by atoms with Gasteiger partial charge in [-0.05, 0) is 25.7 Å². The first-order valence-corrected chi connectivity index (χ1v) is 19.0. The molecule has 0 heterocycles. The maximum absolute atomic E-state index is 11.1. The highest BCUT2D eigenvalue weighted by molar-refractivity contribution is 5.73. The minimum Gasteiger partial charge on any atom is -0.394 e. The number of carbonyl (C=O) groups is 1. The highest BCUT2D eigenvalue weighted by atomic mass is 16.3. The molecule has 254 valence electrons. The number of nitrogens with one attached hydrogen (secondary N) is 1. The van der Waals surface area contributed by atoms with Gasteiger partial charge in [-0.25, -0.2) is 0 Å². The maximum Gasteiger partial charge on any atom is 0.217 e. The Balaban J connectivity index is 3.25. The third kappa shape index (κ3) is 33.6. The quantitative estimate of drug-likeness (QED) is 0.0505. The number of carbonyl (C=O) groups excluding carboxylic acids is 1. The lowest BCUT2D eigenvalue weighted by atomic mass is 10.0. The summed E-state index contributed by atoms with van der Waals surface area (Å²) in [4.78, 5) is 11.1. The lowest BCUT2D eigenvalue weighted by Crippen LogP contribution is -2.44.